The number of benzene rings is 8. The molecule has 0 unspecified atom stereocenters. The lowest BCUT2D eigenvalue weighted by Gasteiger charge is -2.24. The van der Waals surface area contributed by atoms with Gasteiger partial charge in [0, 0.05) is 32.7 Å². The van der Waals surface area contributed by atoms with E-state index in [-0.39, 0.29) is 11.1 Å². The minimum Gasteiger partial charge on any atom is -0.506 e. The number of aromatic hydroxyl groups is 15. The predicted octanol–water partition coefficient (Wildman–Crippen LogP) is 6.88. The van der Waals surface area contributed by atoms with Crippen LogP contribution in [0.25, 0.3) is 76.5 Å². The predicted molar refractivity (Wildman–Crippen MR) is 198 cm³/mol. The van der Waals surface area contributed by atoms with E-state index in [2.05, 4.69) is 0 Å². The van der Waals surface area contributed by atoms with Crippen molar-refractivity contribution in [1.82, 2.24) is 0 Å². The minimum atomic E-state index is -1.43. The summed E-state index contributed by atoms with van der Waals surface area (Å²) in [6, 6.07) is 19.4. The van der Waals surface area contributed by atoms with Gasteiger partial charge in [0.05, 0.1) is 16.3 Å². The molecule has 8 rings (SSSR count). The number of hydrogen-bond donors (Lipinski definition) is 15. The average molecular weight is 747 g/mol. The Morgan fingerprint density at radius 3 is 1.09 bits per heavy atom. The van der Waals surface area contributed by atoms with Gasteiger partial charge in [-0.15, -0.1) is 0 Å². The molecule has 0 aromatic heterocycles. The van der Waals surface area contributed by atoms with E-state index in [1.165, 1.54) is 12.1 Å². The zero-order chi connectivity index (χ0) is 39.5. The van der Waals surface area contributed by atoms with Crippen molar-refractivity contribution in [2.24, 2.45) is 0 Å². The molecule has 276 valence electrons. The molecule has 0 saturated heterocycles. The van der Waals surface area contributed by atoms with Crippen molar-refractivity contribution in [1.29, 1.82) is 0 Å². The van der Waals surface area contributed by atoms with Crippen LogP contribution in [0.15, 0.2) is 66.7 Å². The number of hydrogen-bond acceptors (Lipinski definition) is 15. The minimum absolute atomic E-state index is 0.0443. The summed E-state index contributed by atoms with van der Waals surface area (Å²) in [7, 11) is 0. The Bertz CT molecular complexity index is 2940. The van der Waals surface area contributed by atoms with Crippen LogP contribution in [0, 0.1) is 0 Å². The van der Waals surface area contributed by atoms with Crippen molar-refractivity contribution in [2.75, 3.05) is 0 Å². The summed E-state index contributed by atoms with van der Waals surface area (Å²) >= 11 is 0. The van der Waals surface area contributed by atoms with Crippen LogP contribution in [0.2, 0.25) is 0 Å². The molecule has 0 aliphatic heterocycles. The average Bonchev–Trinajstić information content (AvgIpc) is 3.19. The van der Waals surface area contributed by atoms with Crippen molar-refractivity contribution in [3.05, 3.63) is 66.7 Å². The second-order valence-corrected chi connectivity index (χ2v) is 12.7. The Kier molecular flexibility index (Phi) is 7.03. The molecule has 0 atom stereocenters. The molecule has 0 aliphatic carbocycles. The van der Waals surface area contributed by atoms with Crippen LogP contribution >= 0.6 is 0 Å². The van der Waals surface area contributed by atoms with Crippen LogP contribution in [-0.2, 0) is 0 Å². The number of phenolic OH excluding ortho intramolecular Hbond substituents is 15. The van der Waals surface area contributed by atoms with Gasteiger partial charge in [-0.25, -0.2) is 0 Å². The zero-order valence-electron chi connectivity index (χ0n) is 27.6. The van der Waals surface area contributed by atoms with Crippen LogP contribution in [-0.4, -0.2) is 76.6 Å². The van der Waals surface area contributed by atoms with Gasteiger partial charge in [0.1, 0.15) is 5.75 Å². The van der Waals surface area contributed by atoms with Gasteiger partial charge in [0.15, 0.2) is 46.0 Å². The molecule has 15 heteroatoms. The molecule has 0 heterocycles. The third kappa shape index (κ3) is 4.31. The maximum Gasteiger partial charge on any atom is 0.205 e. The van der Waals surface area contributed by atoms with E-state index in [4.69, 9.17) is 0 Å². The van der Waals surface area contributed by atoms with E-state index in [9.17, 15) is 76.6 Å². The monoisotopic (exact) mass is 746 g/mol. The Hall–Kier alpha value is -8.20. The van der Waals surface area contributed by atoms with Gasteiger partial charge in [-0.05, 0) is 27.5 Å². The SMILES string of the molecule is Oc1c(O)c(O)c2c(O)c(-c3c4c(O)c(O)c(O)c(O)c4c(-c4ccc(-c5cccc6ccccc56)cc4)c4c(O)c(O)c(O)c(O)c34)c(O)c(O)c2c1O. The highest BCUT2D eigenvalue weighted by Crippen LogP contribution is 2.66. The normalized spacial score (nSPS) is 11.6. The molecule has 55 heavy (non-hydrogen) atoms. The molecule has 0 radical (unpaired) electrons. The smallest absolute Gasteiger partial charge is 0.205 e. The Morgan fingerprint density at radius 2 is 0.600 bits per heavy atom. The summed E-state index contributed by atoms with van der Waals surface area (Å²) in [6.45, 7) is 0. The summed E-state index contributed by atoms with van der Waals surface area (Å²) < 4.78 is 0. The lowest BCUT2D eigenvalue weighted by atomic mass is 9.82. The number of rotatable bonds is 3. The van der Waals surface area contributed by atoms with E-state index >= 15 is 0 Å². The number of phenols is 15. The molecule has 8 aromatic carbocycles. The molecule has 0 fully saturated rings. The first-order valence-corrected chi connectivity index (χ1v) is 16.0. The first kappa shape index (κ1) is 33.9. The highest BCUT2D eigenvalue weighted by molar-refractivity contribution is 6.30. The second kappa shape index (κ2) is 11.4. The lowest BCUT2D eigenvalue weighted by molar-refractivity contribution is 0.347. The summed E-state index contributed by atoms with van der Waals surface area (Å²) in [5, 5.41) is 162. The number of fused-ring (bicyclic) bond motifs is 4. The molecule has 15 nitrogen and oxygen atoms in total. The summed E-state index contributed by atoms with van der Waals surface area (Å²) in [4.78, 5) is 0. The van der Waals surface area contributed by atoms with Crippen molar-refractivity contribution in [3.63, 3.8) is 0 Å². The van der Waals surface area contributed by atoms with E-state index in [0.29, 0.717) is 5.56 Å². The van der Waals surface area contributed by atoms with Crippen LogP contribution < -0.4 is 0 Å². The van der Waals surface area contributed by atoms with Gasteiger partial charge in [0.2, 0.25) is 34.5 Å². The highest BCUT2D eigenvalue weighted by Gasteiger charge is 2.36. The summed E-state index contributed by atoms with van der Waals surface area (Å²) in [5.41, 5.74) is -0.913. The largest absolute Gasteiger partial charge is 0.506 e. The first-order chi connectivity index (χ1) is 26.1. The highest BCUT2D eigenvalue weighted by atomic mass is 16.4. The Balaban J connectivity index is 1.60. The van der Waals surface area contributed by atoms with Crippen molar-refractivity contribution < 1.29 is 76.6 Å². The molecule has 8 aromatic rings. The lowest BCUT2D eigenvalue weighted by Crippen LogP contribution is -1.96. The van der Waals surface area contributed by atoms with Crippen molar-refractivity contribution in [2.45, 2.75) is 0 Å². The summed E-state index contributed by atoms with van der Waals surface area (Å²) in [6.07, 6.45) is 0. The first-order valence-electron chi connectivity index (χ1n) is 16.0. The van der Waals surface area contributed by atoms with Crippen LogP contribution in [0.5, 0.6) is 86.2 Å². The van der Waals surface area contributed by atoms with Crippen molar-refractivity contribution >= 4 is 43.1 Å². The zero-order valence-corrected chi connectivity index (χ0v) is 27.6. The van der Waals surface area contributed by atoms with E-state index in [1.54, 1.807) is 12.1 Å². The van der Waals surface area contributed by atoms with Gasteiger partial charge < -0.3 is 76.6 Å². The fourth-order valence-corrected chi connectivity index (χ4v) is 7.32. The van der Waals surface area contributed by atoms with Gasteiger partial charge in [0.25, 0.3) is 0 Å². The molecule has 0 aliphatic rings. The van der Waals surface area contributed by atoms with Crippen molar-refractivity contribution in [3.8, 4) is 120 Å². The maximum atomic E-state index is 11.7. The molecule has 0 bridgehead atoms. The second-order valence-electron chi connectivity index (χ2n) is 12.7. The van der Waals surface area contributed by atoms with E-state index in [0.717, 1.165) is 16.3 Å². The van der Waals surface area contributed by atoms with Crippen LogP contribution in [0.3, 0.4) is 0 Å². The standard InChI is InChI=1S/C40H26O15/c41-26-23(31(46)32(47)25-24(26)33(48)39(54)40(55)34(25)49)18-21-19(27(42)35(50)37(52)29(21)44)17(20-22(18)30(45)38(53)36(51)28(20)43)14-10-8-13(9-11-14)16-7-3-5-12-4-1-2-6-15(12)16/h1-11,41-55H. The van der Waals surface area contributed by atoms with Gasteiger partial charge in [-0.3, -0.25) is 0 Å². The molecule has 15 N–H and O–H groups in total. The fourth-order valence-electron chi connectivity index (χ4n) is 7.32. The molecule has 0 amide bonds. The third-order valence-corrected chi connectivity index (χ3v) is 9.89. The quantitative estimate of drug-likeness (QED) is 0.0497. The van der Waals surface area contributed by atoms with Gasteiger partial charge in [-0.2, -0.15) is 0 Å². The van der Waals surface area contributed by atoms with E-state index in [1.807, 2.05) is 42.5 Å². The van der Waals surface area contributed by atoms with Crippen LogP contribution in [0.4, 0.5) is 0 Å². The van der Waals surface area contributed by atoms with Gasteiger partial charge in [-0.1, -0.05) is 66.7 Å². The van der Waals surface area contributed by atoms with Gasteiger partial charge >= 0.3 is 0 Å². The molecular formula is C40H26O15. The summed E-state index contributed by atoms with van der Waals surface area (Å²) in [5.74, 6) is -20.0. The fraction of sp³-hybridized carbons (Fsp3) is 0. The molecule has 0 saturated carbocycles. The Labute approximate surface area is 305 Å². The molecule has 0 spiro atoms. The molecular weight excluding hydrogens is 720 g/mol. The maximum absolute atomic E-state index is 11.7. The van der Waals surface area contributed by atoms with E-state index < -0.39 is 130 Å². The third-order valence-electron chi connectivity index (χ3n) is 9.89. The van der Waals surface area contributed by atoms with Crippen LogP contribution in [0.1, 0.15) is 0 Å². The topological polar surface area (TPSA) is 303 Å². The Morgan fingerprint density at radius 1 is 0.236 bits per heavy atom.